The van der Waals surface area contributed by atoms with E-state index in [4.69, 9.17) is 9.47 Å². The van der Waals surface area contributed by atoms with Crippen molar-refractivity contribution in [2.75, 3.05) is 11.5 Å². The van der Waals surface area contributed by atoms with Gasteiger partial charge in [-0.3, -0.25) is 14.6 Å². The number of nitrogens with zero attached hydrogens (tertiary/aromatic N) is 2. The van der Waals surface area contributed by atoms with E-state index in [0.717, 1.165) is 21.4 Å². The molecule has 0 bridgehead atoms. The normalized spacial score (nSPS) is 12.7. The zero-order valence-electron chi connectivity index (χ0n) is 18.4. The van der Waals surface area contributed by atoms with E-state index in [1.54, 1.807) is 30.5 Å². The van der Waals surface area contributed by atoms with Gasteiger partial charge in [0.1, 0.15) is 12.4 Å². The van der Waals surface area contributed by atoms with Gasteiger partial charge in [0.2, 0.25) is 0 Å². The smallest absolute Gasteiger partial charge is 0.338 e. The van der Waals surface area contributed by atoms with Crippen LogP contribution in [0.4, 0.5) is 5.69 Å². The van der Waals surface area contributed by atoms with Crippen LogP contribution in [0.5, 0.6) is 5.75 Å². The van der Waals surface area contributed by atoms with Gasteiger partial charge in [0.05, 0.1) is 34.5 Å². The molecule has 5 rings (SSSR count). The van der Waals surface area contributed by atoms with Crippen LogP contribution >= 0.6 is 0 Å². The van der Waals surface area contributed by atoms with E-state index in [1.165, 1.54) is 18.2 Å². The SMILES string of the molecule is CCOc1ccc(N2C(=O)c3ccc(C(=O)OCc4cccc5cccnc45)cc3C2=O)cc1. The number of carbonyl (C=O) groups excluding carboxylic acids is 3. The first-order valence-corrected chi connectivity index (χ1v) is 10.8. The minimum atomic E-state index is -0.587. The van der Waals surface area contributed by atoms with Crippen molar-refractivity contribution in [3.05, 3.63) is 101 Å². The summed E-state index contributed by atoms with van der Waals surface area (Å²) < 4.78 is 10.9. The summed E-state index contributed by atoms with van der Waals surface area (Å²) in [7, 11) is 0. The van der Waals surface area contributed by atoms with Crippen LogP contribution in [0.2, 0.25) is 0 Å². The number of rotatable bonds is 6. The van der Waals surface area contributed by atoms with Gasteiger partial charge in [0, 0.05) is 17.1 Å². The molecule has 0 spiro atoms. The molecule has 0 aliphatic carbocycles. The van der Waals surface area contributed by atoms with Crippen LogP contribution in [0.3, 0.4) is 0 Å². The second-order valence-electron chi connectivity index (χ2n) is 7.70. The summed E-state index contributed by atoms with van der Waals surface area (Å²) in [6, 6.07) is 20.5. The molecule has 0 saturated carbocycles. The number of hydrogen-bond acceptors (Lipinski definition) is 6. The summed E-state index contributed by atoms with van der Waals surface area (Å²) in [4.78, 5) is 44.1. The Labute approximate surface area is 195 Å². The Kier molecular flexibility index (Phi) is 5.51. The van der Waals surface area contributed by atoms with E-state index in [9.17, 15) is 14.4 Å². The van der Waals surface area contributed by atoms with Crippen molar-refractivity contribution >= 4 is 34.4 Å². The average Bonchev–Trinajstić information content (AvgIpc) is 3.12. The lowest BCUT2D eigenvalue weighted by Gasteiger charge is -2.14. The Morgan fingerprint density at radius 1 is 0.912 bits per heavy atom. The number of pyridine rings is 1. The molecule has 2 amide bonds. The summed E-state index contributed by atoms with van der Waals surface area (Å²) in [6.07, 6.45) is 1.69. The van der Waals surface area contributed by atoms with Crippen LogP contribution in [0.1, 0.15) is 43.6 Å². The standard InChI is InChI=1S/C27H20N2O5/c1-2-33-21-11-9-20(10-12-21)29-25(30)22-13-8-18(15-23(22)26(29)31)27(32)34-16-19-6-3-5-17-7-4-14-28-24(17)19/h3-15H,2,16H2,1H3. The second kappa shape index (κ2) is 8.78. The fourth-order valence-electron chi connectivity index (χ4n) is 3.97. The van der Waals surface area contributed by atoms with E-state index < -0.39 is 17.8 Å². The predicted octanol–water partition coefficient (Wildman–Crippen LogP) is 4.79. The van der Waals surface area contributed by atoms with Crippen molar-refractivity contribution in [2.24, 2.45) is 0 Å². The molecule has 168 valence electrons. The average molecular weight is 452 g/mol. The molecule has 1 aliphatic rings. The monoisotopic (exact) mass is 452 g/mol. The Bertz CT molecular complexity index is 1420. The lowest BCUT2D eigenvalue weighted by atomic mass is 10.1. The number of para-hydroxylation sites is 1. The van der Waals surface area contributed by atoms with Gasteiger partial charge in [-0.2, -0.15) is 0 Å². The largest absolute Gasteiger partial charge is 0.494 e. The van der Waals surface area contributed by atoms with Gasteiger partial charge in [-0.15, -0.1) is 0 Å². The molecule has 0 atom stereocenters. The van der Waals surface area contributed by atoms with Crippen LogP contribution in [-0.4, -0.2) is 29.4 Å². The maximum atomic E-state index is 13.0. The molecule has 1 aliphatic heterocycles. The van der Waals surface area contributed by atoms with Crippen LogP contribution in [0, 0.1) is 0 Å². The molecule has 0 fully saturated rings. The first-order chi connectivity index (χ1) is 16.6. The molecule has 34 heavy (non-hydrogen) atoms. The number of carbonyl (C=O) groups is 3. The third-order valence-electron chi connectivity index (χ3n) is 5.60. The molecule has 2 heterocycles. The summed E-state index contributed by atoms with van der Waals surface area (Å²) in [5.74, 6) is -0.868. The van der Waals surface area contributed by atoms with Gasteiger partial charge in [0.25, 0.3) is 11.8 Å². The van der Waals surface area contributed by atoms with Crippen molar-refractivity contribution < 1.29 is 23.9 Å². The first-order valence-electron chi connectivity index (χ1n) is 10.8. The summed E-state index contributed by atoms with van der Waals surface area (Å²) >= 11 is 0. The Balaban J connectivity index is 1.35. The highest BCUT2D eigenvalue weighted by Gasteiger charge is 2.37. The highest BCUT2D eigenvalue weighted by Crippen LogP contribution is 2.30. The molecule has 0 saturated heterocycles. The Hall–Kier alpha value is -4.52. The number of benzene rings is 3. The minimum absolute atomic E-state index is 0.0372. The summed E-state index contributed by atoms with van der Waals surface area (Å²) in [5, 5.41) is 0.951. The van der Waals surface area contributed by atoms with Gasteiger partial charge in [-0.25, -0.2) is 9.69 Å². The fraction of sp³-hybridized carbons (Fsp3) is 0.111. The predicted molar refractivity (Wildman–Crippen MR) is 126 cm³/mol. The lowest BCUT2D eigenvalue weighted by molar-refractivity contribution is 0.0474. The highest BCUT2D eigenvalue weighted by atomic mass is 16.5. The number of amides is 2. The van der Waals surface area contributed by atoms with Crippen molar-refractivity contribution in [3.8, 4) is 5.75 Å². The third kappa shape index (κ3) is 3.77. The summed E-state index contributed by atoms with van der Waals surface area (Å²) in [5.41, 5.74) is 2.58. The van der Waals surface area contributed by atoms with E-state index in [2.05, 4.69) is 4.98 Å². The lowest BCUT2D eigenvalue weighted by Crippen LogP contribution is -2.29. The molecular formula is C27H20N2O5. The van der Waals surface area contributed by atoms with Crippen molar-refractivity contribution in [1.82, 2.24) is 4.98 Å². The highest BCUT2D eigenvalue weighted by molar-refractivity contribution is 6.34. The van der Waals surface area contributed by atoms with Crippen molar-refractivity contribution in [3.63, 3.8) is 0 Å². The maximum absolute atomic E-state index is 13.0. The number of ether oxygens (including phenoxy) is 2. The number of aromatic nitrogens is 1. The van der Waals surface area contributed by atoms with E-state index in [1.807, 2.05) is 37.3 Å². The van der Waals surface area contributed by atoms with Gasteiger partial charge in [0.15, 0.2) is 0 Å². The molecule has 7 heteroatoms. The Morgan fingerprint density at radius 2 is 1.68 bits per heavy atom. The van der Waals surface area contributed by atoms with E-state index in [-0.39, 0.29) is 23.3 Å². The second-order valence-corrected chi connectivity index (χ2v) is 7.70. The van der Waals surface area contributed by atoms with Crippen LogP contribution in [-0.2, 0) is 11.3 Å². The van der Waals surface area contributed by atoms with E-state index in [0.29, 0.717) is 18.0 Å². The maximum Gasteiger partial charge on any atom is 0.338 e. The molecule has 0 unspecified atom stereocenters. The van der Waals surface area contributed by atoms with E-state index >= 15 is 0 Å². The zero-order chi connectivity index (χ0) is 23.7. The number of imide groups is 1. The Morgan fingerprint density at radius 3 is 2.47 bits per heavy atom. The van der Waals surface area contributed by atoms with Crippen LogP contribution in [0.25, 0.3) is 10.9 Å². The van der Waals surface area contributed by atoms with Gasteiger partial charge < -0.3 is 9.47 Å². The fourth-order valence-corrected chi connectivity index (χ4v) is 3.97. The minimum Gasteiger partial charge on any atom is -0.494 e. The summed E-state index contributed by atoms with van der Waals surface area (Å²) in [6.45, 7) is 2.43. The van der Waals surface area contributed by atoms with Crippen LogP contribution in [0.15, 0.2) is 79.0 Å². The first kappa shape index (κ1) is 21.3. The van der Waals surface area contributed by atoms with Gasteiger partial charge in [-0.1, -0.05) is 24.3 Å². The van der Waals surface area contributed by atoms with Gasteiger partial charge in [-0.05, 0) is 55.5 Å². The zero-order valence-corrected chi connectivity index (χ0v) is 18.4. The molecule has 7 nitrogen and oxygen atoms in total. The number of fused-ring (bicyclic) bond motifs is 2. The number of anilines is 1. The van der Waals surface area contributed by atoms with Gasteiger partial charge >= 0.3 is 5.97 Å². The van der Waals surface area contributed by atoms with Crippen molar-refractivity contribution in [2.45, 2.75) is 13.5 Å². The molecule has 0 radical (unpaired) electrons. The third-order valence-corrected chi connectivity index (χ3v) is 5.60. The number of hydrogen-bond donors (Lipinski definition) is 0. The molecule has 4 aromatic rings. The topological polar surface area (TPSA) is 85.8 Å². The molecular weight excluding hydrogens is 432 g/mol. The molecule has 1 aromatic heterocycles. The van der Waals surface area contributed by atoms with Crippen LogP contribution < -0.4 is 9.64 Å². The molecule has 3 aromatic carbocycles. The quantitative estimate of drug-likeness (QED) is 0.309. The van der Waals surface area contributed by atoms with Crippen molar-refractivity contribution in [1.29, 1.82) is 0 Å². The number of esters is 1. The molecule has 0 N–H and O–H groups in total.